The van der Waals surface area contributed by atoms with E-state index < -0.39 is 0 Å². The highest BCUT2D eigenvalue weighted by Crippen LogP contribution is 2.26. The van der Waals surface area contributed by atoms with E-state index in [1.165, 1.54) is 0 Å². The molecule has 4 rings (SSSR count). The quantitative estimate of drug-likeness (QED) is 0.645. The van der Waals surface area contributed by atoms with Gasteiger partial charge >= 0.3 is 0 Å². The van der Waals surface area contributed by atoms with Crippen LogP contribution in [-0.2, 0) is 0 Å². The summed E-state index contributed by atoms with van der Waals surface area (Å²) in [6.07, 6.45) is 2.38. The number of carbonyl (C=O) groups excluding carboxylic acids is 1. The molecule has 3 aromatic rings. The van der Waals surface area contributed by atoms with Crippen LogP contribution in [0.1, 0.15) is 17.0 Å². The van der Waals surface area contributed by atoms with Crippen molar-refractivity contribution in [3.63, 3.8) is 0 Å². The van der Waals surface area contributed by atoms with Gasteiger partial charge in [0.2, 0.25) is 5.88 Å². The molecule has 0 N–H and O–H groups in total. The van der Waals surface area contributed by atoms with Crippen molar-refractivity contribution in [3.05, 3.63) is 52.8 Å². The lowest BCUT2D eigenvalue weighted by Gasteiger charge is -2.15. The van der Waals surface area contributed by atoms with Crippen LogP contribution in [0.2, 0.25) is 0 Å². The van der Waals surface area contributed by atoms with Crippen LogP contribution >= 0.6 is 15.9 Å². The van der Waals surface area contributed by atoms with Gasteiger partial charge in [-0.2, -0.15) is 0 Å². The van der Waals surface area contributed by atoms with E-state index in [4.69, 9.17) is 13.9 Å². The molecule has 1 atom stereocenters. The van der Waals surface area contributed by atoms with Gasteiger partial charge in [0.25, 0.3) is 5.91 Å². The molecule has 0 spiro atoms. The topological polar surface area (TPSA) is 64.8 Å². The molecule has 1 aliphatic rings. The van der Waals surface area contributed by atoms with Crippen LogP contribution < -0.4 is 9.47 Å². The lowest BCUT2D eigenvalue weighted by Crippen LogP contribution is -2.30. The molecular weight excluding hydrogens is 400 g/mol. The predicted octanol–water partition coefficient (Wildman–Crippen LogP) is 3.89. The smallest absolute Gasteiger partial charge is 0.289 e. The minimum atomic E-state index is -0.130. The molecule has 1 fully saturated rings. The molecule has 26 heavy (non-hydrogen) atoms. The average Bonchev–Trinajstić information content (AvgIpc) is 3.29. The predicted molar refractivity (Wildman–Crippen MR) is 99.6 cm³/mol. The standard InChI is InChI=1S/C19H17BrN2O4/c1-24-14-3-4-16-12(8-14)9-17(26-16)19(23)22-7-6-15(11-22)25-18-5-2-13(20)10-21-18/h2-5,8-10,15H,6-7,11H2,1H3/t15-/m0/s1. The van der Waals surface area contributed by atoms with Gasteiger partial charge in [-0.1, -0.05) is 0 Å². The third-order valence-corrected chi connectivity index (χ3v) is 4.82. The lowest BCUT2D eigenvalue weighted by molar-refractivity contribution is 0.0742. The number of hydrogen-bond acceptors (Lipinski definition) is 5. The number of amides is 1. The molecule has 0 unspecified atom stereocenters. The van der Waals surface area contributed by atoms with Crippen molar-refractivity contribution in [2.24, 2.45) is 0 Å². The Bertz CT molecular complexity index is 938. The minimum absolute atomic E-state index is 0.0721. The number of nitrogens with zero attached hydrogens (tertiary/aromatic N) is 2. The molecular formula is C19H17BrN2O4. The Morgan fingerprint density at radius 1 is 1.31 bits per heavy atom. The number of hydrogen-bond donors (Lipinski definition) is 0. The Hall–Kier alpha value is -2.54. The Morgan fingerprint density at radius 3 is 2.96 bits per heavy atom. The number of furan rings is 1. The van der Waals surface area contributed by atoms with Crippen LogP contribution in [0, 0.1) is 0 Å². The third kappa shape index (κ3) is 3.39. The first kappa shape index (κ1) is 16.9. The molecule has 0 saturated carbocycles. The zero-order valence-electron chi connectivity index (χ0n) is 14.1. The van der Waals surface area contributed by atoms with E-state index in [1.54, 1.807) is 36.4 Å². The number of halogens is 1. The van der Waals surface area contributed by atoms with Crippen molar-refractivity contribution in [1.82, 2.24) is 9.88 Å². The van der Waals surface area contributed by atoms with Crippen molar-refractivity contribution < 1.29 is 18.7 Å². The summed E-state index contributed by atoms with van der Waals surface area (Å²) in [7, 11) is 1.61. The van der Waals surface area contributed by atoms with Gasteiger partial charge in [0, 0.05) is 35.1 Å². The van der Waals surface area contributed by atoms with Gasteiger partial charge in [-0.15, -0.1) is 0 Å². The summed E-state index contributed by atoms with van der Waals surface area (Å²) in [5.74, 6) is 1.49. The number of aromatic nitrogens is 1. The molecule has 1 aliphatic heterocycles. The Balaban J connectivity index is 1.44. The number of ether oxygens (including phenoxy) is 2. The highest BCUT2D eigenvalue weighted by Gasteiger charge is 2.30. The second kappa shape index (κ2) is 6.99. The summed E-state index contributed by atoms with van der Waals surface area (Å²) in [6, 6.07) is 10.9. The van der Waals surface area contributed by atoms with Gasteiger partial charge < -0.3 is 18.8 Å². The summed E-state index contributed by atoms with van der Waals surface area (Å²) in [5.41, 5.74) is 0.667. The van der Waals surface area contributed by atoms with Crippen LogP contribution in [0.4, 0.5) is 0 Å². The molecule has 1 amide bonds. The fourth-order valence-corrected chi connectivity index (χ4v) is 3.26. The van der Waals surface area contributed by atoms with Crippen molar-refractivity contribution >= 4 is 32.8 Å². The van der Waals surface area contributed by atoms with E-state index in [0.717, 1.165) is 22.0 Å². The molecule has 6 nitrogen and oxygen atoms in total. The van der Waals surface area contributed by atoms with E-state index in [1.807, 2.05) is 18.2 Å². The van der Waals surface area contributed by atoms with E-state index in [9.17, 15) is 4.79 Å². The monoisotopic (exact) mass is 416 g/mol. The van der Waals surface area contributed by atoms with Crippen LogP contribution in [0.3, 0.4) is 0 Å². The second-order valence-corrected chi connectivity index (χ2v) is 7.02. The molecule has 1 aromatic carbocycles. The molecule has 0 bridgehead atoms. The maximum absolute atomic E-state index is 12.7. The fourth-order valence-electron chi connectivity index (χ4n) is 3.02. The number of pyridine rings is 1. The fraction of sp³-hybridized carbons (Fsp3) is 0.263. The third-order valence-electron chi connectivity index (χ3n) is 4.35. The molecule has 2 aromatic heterocycles. The van der Waals surface area contributed by atoms with Gasteiger partial charge in [-0.3, -0.25) is 4.79 Å². The number of rotatable bonds is 4. The Kier molecular flexibility index (Phi) is 4.55. The highest BCUT2D eigenvalue weighted by atomic mass is 79.9. The Labute approximate surface area is 158 Å². The molecule has 134 valence electrons. The van der Waals surface area contributed by atoms with Crippen molar-refractivity contribution in [3.8, 4) is 11.6 Å². The maximum atomic E-state index is 12.7. The van der Waals surface area contributed by atoms with Crippen LogP contribution in [0.25, 0.3) is 11.0 Å². The normalized spacial score (nSPS) is 16.8. The number of methoxy groups -OCH3 is 1. The van der Waals surface area contributed by atoms with Crippen molar-refractivity contribution in [2.45, 2.75) is 12.5 Å². The number of likely N-dealkylation sites (tertiary alicyclic amines) is 1. The van der Waals surface area contributed by atoms with Crippen LogP contribution in [0.15, 0.2) is 51.5 Å². The maximum Gasteiger partial charge on any atom is 0.289 e. The van der Waals surface area contributed by atoms with Gasteiger partial charge in [0.1, 0.15) is 17.4 Å². The first-order valence-electron chi connectivity index (χ1n) is 8.27. The van der Waals surface area contributed by atoms with Crippen molar-refractivity contribution in [1.29, 1.82) is 0 Å². The molecule has 0 radical (unpaired) electrons. The summed E-state index contributed by atoms with van der Waals surface area (Å²) in [4.78, 5) is 18.7. The molecule has 3 heterocycles. The van der Waals surface area contributed by atoms with Crippen molar-refractivity contribution in [2.75, 3.05) is 20.2 Å². The zero-order valence-corrected chi connectivity index (χ0v) is 15.7. The Morgan fingerprint density at radius 2 is 2.19 bits per heavy atom. The zero-order chi connectivity index (χ0) is 18.1. The van der Waals surface area contributed by atoms with Crippen LogP contribution in [0.5, 0.6) is 11.6 Å². The largest absolute Gasteiger partial charge is 0.497 e. The molecule has 7 heteroatoms. The molecule has 0 aliphatic carbocycles. The van der Waals surface area contributed by atoms with Gasteiger partial charge in [-0.25, -0.2) is 4.98 Å². The SMILES string of the molecule is COc1ccc2oc(C(=O)N3CC[C@H](Oc4ccc(Br)cn4)C3)cc2c1. The van der Waals surface area contributed by atoms with E-state index in [2.05, 4.69) is 20.9 Å². The highest BCUT2D eigenvalue weighted by molar-refractivity contribution is 9.10. The summed E-state index contributed by atoms with van der Waals surface area (Å²) < 4.78 is 17.7. The van der Waals surface area contributed by atoms with Gasteiger partial charge in [-0.05, 0) is 46.3 Å². The summed E-state index contributed by atoms with van der Waals surface area (Å²) in [5, 5.41) is 0.846. The summed E-state index contributed by atoms with van der Waals surface area (Å²) >= 11 is 3.35. The minimum Gasteiger partial charge on any atom is -0.497 e. The van der Waals surface area contributed by atoms with Gasteiger partial charge in [0.05, 0.1) is 13.7 Å². The first-order chi connectivity index (χ1) is 12.6. The molecule has 1 saturated heterocycles. The van der Waals surface area contributed by atoms with E-state index in [0.29, 0.717) is 30.3 Å². The number of carbonyl (C=O) groups is 1. The van der Waals surface area contributed by atoms with Gasteiger partial charge in [0.15, 0.2) is 5.76 Å². The number of benzene rings is 1. The van der Waals surface area contributed by atoms with E-state index >= 15 is 0 Å². The first-order valence-corrected chi connectivity index (χ1v) is 9.07. The lowest BCUT2D eigenvalue weighted by atomic mass is 10.2. The van der Waals surface area contributed by atoms with Crippen LogP contribution in [-0.4, -0.2) is 42.1 Å². The average molecular weight is 417 g/mol. The van der Waals surface area contributed by atoms with E-state index in [-0.39, 0.29) is 12.0 Å². The second-order valence-electron chi connectivity index (χ2n) is 6.11. The number of fused-ring (bicyclic) bond motifs is 1. The summed E-state index contributed by atoms with van der Waals surface area (Å²) in [6.45, 7) is 1.14.